The van der Waals surface area contributed by atoms with Gasteiger partial charge >= 0.3 is 6.09 Å². The number of hydrogen-bond donors (Lipinski definition) is 2. The number of nitrogen functional groups attached to an aromatic ring is 1. The fraction of sp³-hybridized carbons (Fsp3) is 0.417. The molecule has 0 aromatic carbocycles. The molecule has 1 amide bonds. The summed E-state index contributed by atoms with van der Waals surface area (Å²) in [6.45, 7) is 4.78. The van der Waals surface area contributed by atoms with Gasteiger partial charge in [0.05, 0.1) is 5.69 Å². The van der Waals surface area contributed by atoms with Gasteiger partial charge < -0.3 is 15.7 Å². The van der Waals surface area contributed by atoms with Gasteiger partial charge in [-0.05, 0) is 24.1 Å². The van der Waals surface area contributed by atoms with Crippen LogP contribution in [0.1, 0.15) is 18.2 Å². The van der Waals surface area contributed by atoms with Crippen LogP contribution in [0.15, 0.2) is 12.1 Å². The average molecular weight is 248 g/mol. The Balaban J connectivity index is 2.31. The van der Waals surface area contributed by atoms with E-state index >= 15 is 0 Å². The van der Waals surface area contributed by atoms with Crippen LogP contribution in [-0.4, -0.2) is 39.4 Å². The summed E-state index contributed by atoms with van der Waals surface area (Å²) in [5, 5.41) is 16.9. The van der Waals surface area contributed by atoms with Gasteiger partial charge in [0.15, 0.2) is 0 Å². The van der Waals surface area contributed by atoms with Crippen molar-refractivity contribution in [2.45, 2.75) is 13.8 Å². The highest BCUT2D eigenvalue weighted by Gasteiger charge is 2.24. The number of anilines is 1. The fourth-order valence-electron chi connectivity index (χ4n) is 2.19. The third kappa shape index (κ3) is 2.27. The molecule has 1 aliphatic rings. The second kappa shape index (κ2) is 4.64. The lowest BCUT2D eigenvalue weighted by Crippen LogP contribution is -2.37. The van der Waals surface area contributed by atoms with E-state index in [2.05, 4.69) is 10.2 Å². The molecule has 1 aromatic heterocycles. The Hall–Kier alpha value is -2.11. The average Bonchev–Trinajstić information content (AvgIpc) is 2.30. The predicted molar refractivity (Wildman–Crippen MR) is 67.9 cm³/mol. The molecule has 0 spiro atoms. The molecule has 6 nitrogen and oxygen atoms in total. The number of carbonyl (C=O) groups is 1. The van der Waals surface area contributed by atoms with Crippen LogP contribution in [0.5, 0.6) is 0 Å². The van der Waals surface area contributed by atoms with Crippen molar-refractivity contribution < 1.29 is 9.90 Å². The third-order valence-corrected chi connectivity index (χ3v) is 3.10. The van der Waals surface area contributed by atoms with Gasteiger partial charge in [-0.3, -0.25) is 0 Å². The maximum absolute atomic E-state index is 10.9. The van der Waals surface area contributed by atoms with Crippen molar-refractivity contribution in [3.05, 3.63) is 23.4 Å². The summed E-state index contributed by atoms with van der Waals surface area (Å²) in [6.07, 6.45) is 1.01. The molecule has 18 heavy (non-hydrogen) atoms. The number of nitrogens with zero attached hydrogens (tertiary/aromatic N) is 3. The Morgan fingerprint density at radius 1 is 1.56 bits per heavy atom. The van der Waals surface area contributed by atoms with Gasteiger partial charge in [-0.1, -0.05) is 13.0 Å². The molecule has 96 valence electrons. The summed E-state index contributed by atoms with van der Waals surface area (Å²) in [7, 11) is 0. The second-order valence-corrected chi connectivity index (χ2v) is 4.55. The molecule has 1 unspecified atom stereocenters. The topological polar surface area (TPSA) is 92.3 Å². The maximum atomic E-state index is 10.9. The van der Waals surface area contributed by atoms with Crippen molar-refractivity contribution in [2.24, 2.45) is 5.92 Å². The van der Waals surface area contributed by atoms with Crippen LogP contribution in [0.25, 0.3) is 5.57 Å². The van der Waals surface area contributed by atoms with Crippen LogP contribution in [0.2, 0.25) is 0 Å². The van der Waals surface area contributed by atoms with E-state index in [1.807, 2.05) is 19.9 Å². The molecule has 1 aliphatic heterocycles. The van der Waals surface area contributed by atoms with E-state index in [1.165, 1.54) is 4.90 Å². The molecule has 0 saturated heterocycles. The molecule has 0 radical (unpaired) electrons. The molecule has 2 rings (SSSR count). The van der Waals surface area contributed by atoms with Gasteiger partial charge in [-0.2, -0.15) is 0 Å². The second-order valence-electron chi connectivity index (χ2n) is 4.55. The summed E-state index contributed by atoms with van der Waals surface area (Å²) in [4.78, 5) is 12.3. The molecule has 1 atom stereocenters. The number of nitrogens with two attached hydrogens (primary N) is 1. The van der Waals surface area contributed by atoms with E-state index in [0.29, 0.717) is 18.9 Å². The fourth-order valence-corrected chi connectivity index (χ4v) is 2.19. The normalized spacial score (nSPS) is 19.6. The van der Waals surface area contributed by atoms with Crippen LogP contribution in [0.4, 0.5) is 10.6 Å². The minimum absolute atomic E-state index is 0.103. The first-order chi connectivity index (χ1) is 8.49. The molecular formula is C12H16N4O2. The first-order valence-corrected chi connectivity index (χ1v) is 5.77. The number of hydrogen-bond acceptors (Lipinski definition) is 4. The quantitative estimate of drug-likeness (QED) is 0.783. The van der Waals surface area contributed by atoms with Crippen molar-refractivity contribution in [1.82, 2.24) is 15.1 Å². The van der Waals surface area contributed by atoms with Gasteiger partial charge in [-0.15, -0.1) is 10.2 Å². The minimum atomic E-state index is -0.891. The van der Waals surface area contributed by atoms with Crippen LogP contribution >= 0.6 is 0 Å². The van der Waals surface area contributed by atoms with Gasteiger partial charge in [0.1, 0.15) is 5.82 Å². The Kier molecular flexibility index (Phi) is 3.18. The summed E-state index contributed by atoms with van der Waals surface area (Å²) < 4.78 is 0. The van der Waals surface area contributed by atoms with Crippen LogP contribution < -0.4 is 5.73 Å². The van der Waals surface area contributed by atoms with Gasteiger partial charge in [0, 0.05) is 19.0 Å². The molecule has 2 heterocycles. The number of aryl methyl sites for hydroxylation is 1. The highest BCUT2D eigenvalue weighted by molar-refractivity contribution is 5.72. The predicted octanol–water partition coefficient (Wildman–Crippen LogP) is 1.38. The monoisotopic (exact) mass is 248 g/mol. The zero-order valence-electron chi connectivity index (χ0n) is 10.4. The molecule has 0 fully saturated rings. The lowest BCUT2D eigenvalue weighted by molar-refractivity contribution is 0.145. The molecule has 3 N–H and O–H groups in total. The maximum Gasteiger partial charge on any atom is 0.407 e. The lowest BCUT2D eigenvalue weighted by atomic mass is 9.92. The van der Waals surface area contributed by atoms with Crippen molar-refractivity contribution in [2.75, 3.05) is 18.8 Å². The highest BCUT2D eigenvalue weighted by atomic mass is 16.4. The highest BCUT2D eigenvalue weighted by Crippen LogP contribution is 2.28. The number of rotatable bonds is 1. The first kappa shape index (κ1) is 12.3. The van der Waals surface area contributed by atoms with Gasteiger partial charge in [0.25, 0.3) is 0 Å². The van der Waals surface area contributed by atoms with E-state index in [0.717, 1.165) is 16.8 Å². The van der Waals surface area contributed by atoms with Crippen LogP contribution in [-0.2, 0) is 0 Å². The largest absolute Gasteiger partial charge is 0.465 e. The van der Waals surface area contributed by atoms with Gasteiger partial charge in [0.2, 0.25) is 0 Å². The molecule has 0 bridgehead atoms. The van der Waals surface area contributed by atoms with Crippen molar-refractivity contribution in [1.29, 1.82) is 0 Å². The lowest BCUT2D eigenvalue weighted by Gasteiger charge is -2.29. The zero-order valence-corrected chi connectivity index (χ0v) is 10.4. The summed E-state index contributed by atoms with van der Waals surface area (Å²) in [5.41, 5.74) is 8.38. The Labute approximate surface area is 105 Å². The summed E-state index contributed by atoms with van der Waals surface area (Å²) in [5.74, 6) is 0.499. The van der Waals surface area contributed by atoms with Gasteiger partial charge in [-0.25, -0.2) is 4.79 Å². The van der Waals surface area contributed by atoms with E-state index in [-0.39, 0.29) is 5.92 Å². The van der Waals surface area contributed by atoms with Crippen LogP contribution in [0.3, 0.4) is 0 Å². The Bertz CT molecular complexity index is 513. The zero-order chi connectivity index (χ0) is 13.3. The molecule has 6 heteroatoms. The Morgan fingerprint density at radius 2 is 2.28 bits per heavy atom. The minimum Gasteiger partial charge on any atom is -0.465 e. The number of amides is 1. The van der Waals surface area contributed by atoms with Crippen molar-refractivity contribution in [3.63, 3.8) is 0 Å². The van der Waals surface area contributed by atoms with E-state index in [9.17, 15) is 4.79 Å². The summed E-state index contributed by atoms with van der Waals surface area (Å²) >= 11 is 0. The smallest absolute Gasteiger partial charge is 0.407 e. The first-order valence-electron chi connectivity index (χ1n) is 5.77. The van der Waals surface area contributed by atoms with Crippen molar-refractivity contribution in [3.8, 4) is 0 Å². The Morgan fingerprint density at radius 3 is 2.83 bits per heavy atom. The SMILES string of the molecule is Cc1cc(N)nnc1C1=CCN(C(=O)O)CC1C. The third-order valence-electron chi connectivity index (χ3n) is 3.10. The number of aromatic nitrogens is 2. The standard InChI is InChI=1S/C12H16N4O2/c1-7-5-10(13)14-15-11(7)9-3-4-16(12(17)18)6-8(9)2/h3,5,8H,4,6H2,1-2H3,(H2,13,14)(H,17,18). The molecule has 0 saturated carbocycles. The summed E-state index contributed by atoms with van der Waals surface area (Å²) in [6, 6.07) is 1.78. The van der Waals surface area contributed by atoms with E-state index in [1.54, 1.807) is 6.07 Å². The van der Waals surface area contributed by atoms with Crippen molar-refractivity contribution >= 4 is 17.5 Å². The number of carboxylic acid groups (broad SMARTS) is 1. The molecule has 1 aromatic rings. The van der Waals surface area contributed by atoms with Crippen LogP contribution in [0, 0.1) is 12.8 Å². The van der Waals surface area contributed by atoms with E-state index in [4.69, 9.17) is 10.8 Å². The van der Waals surface area contributed by atoms with E-state index < -0.39 is 6.09 Å². The molecular weight excluding hydrogens is 232 g/mol. The molecule has 0 aliphatic carbocycles.